The van der Waals surface area contributed by atoms with Crippen LogP contribution in [-0.4, -0.2) is 29.6 Å². The van der Waals surface area contributed by atoms with Crippen LogP contribution in [0.5, 0.6) is 5.88 Å². The number of rotatable bonds is 6. The summed E-state index contributed by atoms with van der Waals surface area (Å²) in [5.41, 5.74) is 1.02. The summed E-state index contributed by atoms with van der Waals surface area (Å²) in [5.74, 6) is 0.566. The van der Waals surface area contributed by atoms with Gasteiger partial charge in [-0.05, 0) is 46.2 Å². The van der Waals surface area contributed by atoms with E-state index in [0.717, 1.165) is 11.8 Å². The third-order valence-corrected chi connectivity index (χ3v) is 5.47. The Morgan fingerprint density at radius 3 is 2.54 bits per heavy atom. The Kier molecular flexibility index (Phi) is 6.25. The summed E-state index contributed by atoms with van der Waals surface area (Å²) in [6.45, 7) is 10.1. The summed E-state index contributed by atoms with van der Waals surface area (Å²) in [7, 11) is 0. The van der Waals surface area contributed by atoms with Crippen molar-refractivity contribution in [3.8, 4) is 22.8 Å². The van der Waals surface area contributed by atoms with E-state index < -0.39 is 11.4 Å². The first-order chi connectivity index (χ1) is 16.5. The van der Waals surface area contributed by atoms with Crippen molar-refractivity contribution in [2.75, 3.05) is 0 Å². The molecule has 9 nitrogen and oxygen atoms in total. The van der Waals surface area contributed by atoms with Crippen LogP contribution in [0, 0.1) is 33.5 Å². The van der Waals surface area contributed by atoms with Crippen LogP contribution >= 0.6 is 0 Å². The predicted molar refractivity (Wildman–Crippen MR) is 126 cm³/mol. The van der Waals surface area contributed by atoms with E-state index in [1.807, 2.05) is 6.92 Å². The number of ether oxygens (including phenoxy) is 1. The molecule has 3 aromatic heterocycles. The van der Waals surface area contributed by atoms with E-state index in [9.17, 15) is 14.3 Å². The van der Waals surface area contributed by atoms with E-state index in [1.165, 1.54) is 24.7 Å². The lowest BCUT2D eigenvalue weighted by molar-refractivity contribution is 0.0686. The third-order valence-electron chi connectivity index (χ3n) is 5.47. The SMILES string of the molecule is Cc1nc(COc2nc(C)n(-c3cc(-c4nc(C(C)(C)O)ncc4F)ccc3C)c(=O)c2C)co1. The zero-order chi connectivity index (χ0) is 25.5. The number of hydrogen-bond acceptors (Lipinski definition) is 8. The number of benzene rings is 1. The number of aromatic nitrogens is 5. The summed E-state index contributed by atoms with van der Waals surface area (Å²) >= 11 is 0. The fraction of sp³-hybridized carbons (Fsp3) is 0.320. The number of nitrogens with zero attached hydrogens (tertiary/aromatic N) is 5. The molecule has 0 bridgehead atoms. The summed E-state index contributed by atoms with van der Waals surface area (Å²) in [6, 6.07) is 5.15. The molecule has 0 atom stereocenters. The highest BCUT2D eigenvalue weighted by molar-refractivity contribution is 5.64. The van der Waals surface area contributed by atoms with Crippen molar-refractivity contribution < 1.29 is 18.7 Å². The molecule has 0 aliphatic rings. The van der Waals surface area contributed by atoms with Gasteiger partial charge in [0, 0.05) is 12.5 Å². The van der Waals surface area contributed by atoms with Crippen molar-refractivity contribution in [1.29, 1.82) is 0 Å². The average Bonchev–Trinajstić information content (AvgIpc) is 3.21. The average molecular weight is 480 g/mol. The molecule has 0 aliphatic carbocycles. The second kappa shape index (κ2) is 9.03. The summed E-state index contributed by atoms with van der Waals surface area (Å²) in [5, 5.41) is 10.3. The van der Waals surface area contributed by atoms with Gasteiger partial charge in [-0.2, -0.15) is 4.98 Å². The smallest absolute Gasteiger partial charge is 0.264 e. The van der Waals surface area contributed by atoms with Gasteiger partial charge in [-0.15, -0.1) is 0 Å². The van der Waals surface area contributed by atoms with Crippen LogP contribution in [-0.2, 0) is 12.2 Å². The maximum atomic E-state index is 14.7. The minimum Gasteiger partial charge on any atom is -0.471 e. The Morgan fingerprint density at radius 2 is 1.89 bits per heavy atom. The molecule has 4 rings (SSSR count). The highest BCUT2D eigenvalue weighted by atomic mass is 19.1. The summed E-state index contributed by atoms with van der Waals surface area (Å²) in [4.78, 5) is 30.2. The number of oxazole rings is 1. The molecule has 0 unspecified atom stereocenters. The molecule has 0 aliphatic heterocycles. The second-order valence-corrected chi connectivity index (χ2v) is 8.83. The molecular formula is C25H26FN5O4. The van der Waals surface area contributed by atoms with Gasteiger partial charge in [0.25, 0.3) is 5.56 Å². The van der Waals surface area contributed by atoms with E-state index in [2.05, 4.69) is 19.9 Å². The fourth-order valence-corrected chi connectivity index (χ4v) is 3.59. The van der Waals surface area contributed by atoms with Crippen molar-refractivity contribution in [2.24, 2.45) is 0 Å². The van der Waals surface area contributed by atoms with Crippen molar-refractivity contribution in [3.05, 3.63) is 81.2 Å². The quantitative estimate of drug-likeness (QED) is 0.443. The Labute approximate surface area is 201 Å². The van der Waals surface area contributed by atoms with Crippen LogP contribution < -0.4 is 10.3 Å². The zero-order valence-electron chi connectivity index (χ0n) is 20.4. The molecular weight excluding hydrogens is 453 g/mol. The van der Waals surface area contributed by atoms with Crippen molar-refractivity contribution in [2.45, 2.75) is 53.8 Å². The highest BCUT2D eigenvalue weighted by Gasteiger charge is 2.23. The molecule has 0 amide bonds. The first-order valence-electron chi connectivity index (χ1n) is 11.0. The lowest BCUT2D eigenvalue weighted by Crippen LogP contribution is -2.26. The molecule has 0 fully saturated rings. The largest absolute Gasteiger partial charge is 0.471 e. The highest BCUT2D eigenvalue weighted by Crippen LogP contribution is 2.27. The van der Waals surface area contributed by atoms with Crippen LogP contribution in [0.4, 0.5) is 4.39 Å². The van der Waals surface area contributed by atoms with E-state index in [-0.39, 0.29) is 29.6 Å². The van der Waals surface area contributed by atoms with Gasteiger partial charge in [0.1, 0.15) is 35.7 Å². The molecule has 0 radical (unpaired) electrons. The van der Waals surface area contributed by atoms with Crippen molar-refractivity contribution >= 4 is 0 Å². The zero-order valence-corrected chi connectivity index (χ0v) is 20.4. The Balaban J connectivity index is 1.76. The van der Waals surface area contributed by atoms with Gasteiger partial charge in [-0.25, -0.2) is 19.3 Å². The summed E-state index contributed by atoms with van der Waals surface area (Å²) < 4.78 is 27.0. The van der Waals surface area contributed by atoms with Gasteiger partial charge in [0.2, 0.25) is 5.88 Å². The molecule has 10 heteroatoms. The van der Waals surface area contributed by atoms with Crippen LogP contribution in [0.3, 0.4) is 0 Å². The van der Waals surface area contributed by atoms with Crippen molar-refractivity contribution in [1.82, 2.24) is 24.5 Å². The van der Waals surface area contributed by atoms with E-state index in [4.69, 9.17) is 9.15 Å². The van der Waals surface area contributed by atoms with Gasteiger partial charge in [-0.3, -0.25) is 9.36 Å². The van der Waals surface area contributed by atoms with Crippen LogP contribution in [0.15, 0.2) is 39.9 Å². The van der Waals surface area contributed by atoms with Gasteiger partial charge >= 0.3 is 0 Å². The molecule has 0 saturated carbocycles. The van der Waals surface area contributed by atoms with E-state index in [1.54, 1.807) is 39.0 Å². The fourth-order valence-electron chi connectivity index (χ4n) is 3.59. The van der Waals surface area contributed by atoms with Gasteiger partial charge in [0.05, 0.1) is 17.4 Å². The first-order valence-corrected chi connectivity index (χ1v) is 11.0. The molecule has 35 heavy (non-hydrogen) atoms. The minimum atomic E-state index is -1.34. The monoisotopic (exact) mass is 479 g/mol. The first kappa shape index (κ1) is 24.2. The topological polar surface area (TPSA) is 116 Å². The summed E-state index contributed by atoms with van der Waals surface area (Å²) in [6.07, 6.45) is 2.52. The minimum absolute atomic E-state index is 0.0246. The Morgan fingerprint density at radius 1 is 1.14 bits per heavy atom. The third kappa shape index (κ3) is 4.83. The van der Waals surface area contributed by atoms with Crippen LogP contribution in [0.25, 0.3) is 16.9 Å². The van der Waals surface area contributed by atoms with Gasteiger partial charge in [-0.1, -0.05) is 12.1 Å². The second-order valence-electron chi connectivity index (χ2n) is 8.83. The molecule has 0 saturated heterocycles. The number of aliphatic hydroxyl groups is 1. The maximum absolute atomic E-state index is 14.7. The van der Waals surface area contributed by atoms with Gasteiger partial charge < -0.3 is 14.3 Å². The standard InChI is InChI=1S/C25H26FN5O4/c1-13-7-8-17(21-19(26)10-27-24(30-21)25(5,6)33)9-20(13)31-15(3)28-22(14(2)23(31)32)35-12-18-11-34-16(4)29-18/h7-11,33H,12H2,1-6H3. The molecule has 4 aromatic rings. The lowest BCUT2D eigenvalue weighted by Gasteiger charge is -2.18. The predicted octanol–water partition coefficient (Wildman–Crippen LogP) is 3.86. The Hall–Kier alpha value is -3.92. The normalized spacial score (nSPS) is 11.7. The Bertz CT molecular complexity index is 1470. The number of hydrogen-bond donors (Lipinski definition) is 1. The molecule has 1 aromatic carbocycles. The molecule has 3 heterocycles. The molecule has 1 N–H and O–H groups in total. The van der Waals surface area contributed by atoms with E-state index >= 15 is 0 Å². The van der Waals surface area contributed by atoms with Crippen molar-refractivity contribution in [3.63, 3.8) is 0 Å². The number of aryl methyl sites for hydroxylation is 3. The van der Waals surface area contributed by atoms with E-state index in [0.29, 0.717) is 34.2 Å². The maximum Gasteiger partial charge on any atom is 0.264 e. The van der Waals surface area contributed by atoms with Crippen LogP contribution in [0.1, 0.15) is 48.2 Å². The van der Waals surface area contributed by atoms with Gasteiger partial charge in [0.15, 0.2) is 17.5 Å². The number of halogens is 1. The lowest BCUT2D eigenvalue weighted by atomic mass is 10.0. The molecule has 182 valence electrons. The van der Waals surface area contributed by atoms with Crippen LogP contribution in [0.2, 0.25) is 0 Å². The molecule has 0 spiro atoms.